The smallest absolute Gasteiger partial charge is 0.496 e. The molecule has 0 spiro atoms. The molecule has 0 unspecified atom stereocenters. The molecule has 2 aromatic heterocycles. The first-order chi connectivity index (χ1) is 23.0. The second-order valence-corrected chi connectivity index (χ2v) is 14.0. The van der Waals surface area contributed by atoms with Crippen LogP contribution in [0.5, 0.6) is 11.5 Å². The van der Waals surface area contributed by atoms with Crippen molar-refractivity contribution in [2.75, 3.05) is 14.2 Å². The Labute approximate surface area is 292 Å². The molecule has 0 amide bonds. The lowest BCUT2D eigenvalue weighted by atomic mass is 10.1. The van der Waals surface area contributed by atoms with Crippen molar-refractivity contribution in [3.63, 3.8) is 0 Å². The minimum Gasteiger partial charge on any atom is -0.496 e. The van der Waals surface area contributed by atoms with Gasteiger partial charge in [-0.3, -0.25) is 0 Å². The Morgan fingerprint density at radius 3 is 1.60 bits per heavy atom. The zero-order valence-electron chi connectivity index (χ0n) is 31.0. The molecular weight excluding hydrogens is 644 g/mol. The van der Waals surface area contributed by atoms with Crippen LogP contribution in [0.2, 0.25) is 0 Å². The lowest BCUT2D eigenvalue weighted by molar-refractivity contribution is -0.0294. The number of nitriles is 2. The van der Waals surface area contributed by atoms with Crippen LogP contribution in [0.3, 0.4) is 0 Å². The van der Waals surface area contributed by atoms with Crippen molar-refractivity contribution in [3.8, 4) is 23.6 Å². The second kappa shape index (κ2) is 16.1. The number of carbonyl (C=O) groups is 3. The molecule has 0 aliphatic carbocycles. The number of methoxy groups -OCH3 is 2. The molecule has 13 nitrogen and oxygen atoms in total. The molecular formula is C37H46N4O9. The highest BCUT2D eigenvalue weighted by Gasteiger charge is 2.25. The first kappa shape index (κ1) is 40.5. The van der Waals surface area contributed by atoms with E-state index in [4.69, 9.17) is 28.9 Å². The van der Waals surface area contributed by atoms with Crippen LogP contribution in [-0.2, 0) is 18.9 Å². The SMILES string of the molecule is CC(C)(C)OC(=O)OC(=O)OC(C)(C)C.COc1c(C)ccc2[nH]c(C#N)cc12.COc1c(C)ccc2c1cc(C#N)n2C(=O)OC(C)(C)C. The Morgan fingerprint density at radius 2 is 1.16 bits per heavy atom. The summed E-state index contributed by atoms with van der Waals surface area (Å²) in [5.41, 5.74) is 2.31. The highest BCUT2D eigenvalue weighted by atomic mass is 16.8. The fourth-order valence-corrected chi connectivity index (χ4v) is 4.45. The van der Waals surface area contributed by atoms with Gasteiger partial charge < -0.3 is 33.4 Å². The minimum absolute atomic E-state index is 0.225. The van der Waals surface area contributed by atoms with E-state index in [1.807, 2.05) is 38.1 Å². The van der Waals surface area contributed by atoms with Crippen LogP contribution in [0.1, 0.15) is 84.8 Å². The van der Waals surface area contributed by atoms with Gasteiger partial charge in [0.05, 0.1) is 25.3 Å². The molecule has 50 heavy (non-hydrogen) atoms. The van der Waals surface area contributed by atoms with Gasteiger partial charge in [-0.05, 0) is 112 Å². The fourth-order valence-electron chi connectivity index (χ4n) is 4.45. The van der Waals surface area contributed by atoms with E-state index in [9.17, 15) is 19.6 Å². The first-order valence-corrected chi connectivity index (χ1v) is 15.6. The standard InChI is InChI=1S/C16H18N2O3.C11H10N2O.C10H18O5/c1-10-6-7-13-12(14(10)20-5)8-11(9-17)18(13)15(19)21-16(2,3)4;1-7-3-4-10-9(11(7)14-2)5-8(6-12)13-10;1-9(2,3)14-7(11)13-8(12)15-10(4,5)6/h6-8H,1-5H3;3-5,13H,1-2H3;1-6H3. The molecule has 0 aliphatic rings. The van der Waals surface area contributed by atoms with Crippen molar-refractivity contribution in [3.05, 3.63) is 58.9 Å². The third-order valence-corrected chi connectivity index (χ3v) is 6.25. The van der Waals surface area contributed by atoms with Crippen LogP contribution >= 0.6 is 0 Å². The Morgan fingerprint density at radius 1 is 0.680 bits per heavy atom. The summed E-state index contributed by atoms with van der Waals surface area (Å²) in [5.74, 6) is 1.49. The molecule has 1 N–H and O–H groups in total. The number of benzene rings is 2. The van der Waals surface area contributed by atoms with E-state index in [1.165, 1.54) is 4.57 Å². The van der Waals surface area contributed by atoms with Crippen molar-refractivity contribution in [2.24, 2.45) is 0 Å². The van der Waals surface area contributed by atoms with Gasteiger partial charge in [-0.25, -0.2) is 19.0 Å². The number of aryl methyl sites for hydroxylation is 2. The first-order valence-electron chi connectivity index (χ1n) is 15.6. The van der Waals surface area contributed by atoms with Crippen LogP contribution < -0.4 is 9.47 Å². The highest BCUT2D eigenvalue weighted by Crippen LogP contribution is 2.32. The van der Waals surface area contributed by atoms with E-state index < -0.39 is 35.2 Å². The van der Waals surface area contributed by atoms with Crippen LogP contribution in [0.4, 0.5) is 14.4 Å². The van der Waals surface area contributed by atoms with Crippen LogP contribution in [0.25, 0.3) is 21.8 Å². The molecule has 0 fully saturated rings. The van der Waals surface area contributed by atoms with Crippen molar-refractivity contribution in [1.82, 2.24) is 9.55 Å². The van der Waals surface area contributed by atoms with Crippen LogP contribution in [-0.4, -0.2) is 59.0 Å². The number of aromatic amines is 1. The minimum atomic E-state index is -1.06. The monoisotopic (exact) mass is 690 g/mol. The molecule has 4 aromatic rings. The summed E-state index contributed by atoms with van der Waals surface area (Å²) < 4.78 is 31.1. The molecule has 268 valence electrons. The van der Waals surface area contributed by atoms with Gasteiger partial charge in [0.2, 0.25) is 0 Å². The number of aromatic nitrogens is 2. The van der Waals surface area contributed by atoms with Crippen LogP contribution in [0, 0.1) is 36.5 Å². The average molecular weight is 691 g/mol. The molecule has 0 saturated carbocycles. The largest absolute Gasteiger partial charge is 0.519 e. The number of hydrogen-bond donors (Lipinski definition) is 1. The maximum absolute atomic E-state index is 12.3. The van der Waals surface area contributed by atoms with Crippen molar-refractivity contribution >= 4 is 40.2 Å². The van der Waals surface area contributed by atoms with Gasteiger partial charge in [0, 0.05) is 10.8 Å². The van der Waals surface area contributed by atoms with Gasteiger partial charge in [-0.1, -0.05) is 12.1 Å². The van der Waals surface area contributed by atoms with E-state index >= 15 is 0 Å². The van der Waals surface area contributed by atoms with E-state index in [1.54, 1.807) is 94.7 Å². The Hall–Kier alpha value is -5.69. The molecule has 0 bridgehead atoms. The Balaban J connectivity index is 0.000000268. The molecule has 0 atom stereocenters. The predicted molar refractivity (Wildman–Crippen MR) is 187 cm³/mol. The Bertz CT molecular complexity index is 1910. The number of nitrogens with zero attached hydrogens (tertiary/aromatic N) is 3. The number of fused-ring (bicyclic) bond motifs is 2. The maximum Gasteiger partial charge on any atom is 0.519 e. The molecule has 2 heterocycles. The Kier molecular flexibility index (Phi) is 13.1. The lowest BCUT2D eigenvalue weighted by Gasteiger charge is -2.20. The van der Waals surface area contributed by atoms with Gasteiger partial charge in [-0.2, -0.15) is 10.5 Å². The second-order valence-electron chi connectivity index (χ2n) is 14.0. The van der Waals surface area contributed by atoms with Gasteiger partial charge in [-0.15, -0.1) is 0 Å². The number of carbonyl (C=O) groups excluding carboxylic acids is 3. The summed E-state index contributed by atoms with van der Waals surface area (Å²) >= 11 is 0. The average Bonchev–Trinajstić information content (AvgIpc) is 3.56. The number of hydrogen-bond acceptors (Lipinski definition) is 11. The zero-order chi connectivity index (χ0) is 38.2. The number of rotatable bonds is 2. The van der Waals surface area contributed by atoms with Gasteiger partial charge in [0.1, 0.15) is 51.8 Å². The zero-order valence-corrected chi connectivity index (χ0v) is 31.0. The summed E-state index contributed by atoms with van der Waals surface area (Å²) in [7, 11) is 3.21. The summed E-state index contributed by atoms with van der Waals surface area (Å²) in [6.45, 7) is 19.3. The lowest BCUT2D eigenvalue weighted by Crippen LogP contribution is -2.29. The summed E-state index contributed by atoms with van der Waals surface area (Å²) in [6, 6.07) is 15.1. The number of H-pyrrole nitrogens is 1. The number of nitrogens with one attached hydrogen (secondary N) is 1. The van der Waals surface area contributed by atoms with Crippen molar-refractivity contribution < 1.29 is 42.8 Å². The summed E-state index contributed by atoms with van der Waals surface area (Å²) in [6.07, 6.45) is -2.69. The molecule has 13 heteroatoms. The highest BCUT2D eigenvalue weighted by molar-refractivity contribution is 5.96. The molecule has 0 saturated heterocycles. The topological polar surface area (TPSA) is 175 Å². The fraction of sp³-hybridized carbons (Fsp3) is 0.432. The van der Waals surface area contributed by atoms with Gasteiger partial charge >= 0.3 is 18.4 Å². The molecule has 2 aromatic carbocycles. The summed E-state index contributed by atoms with van der Waals surface area (Å²) in [5, 5.41) is 19.7. The van der Waals surface area contributed by atoms with E-state index in [2.05, 4.69) is 15.8 Å². The van der Waals surface area contributed by atoms with Crippen LogP contribution in [0.15, 0.2) is 36.4 Å². The maximum atomic E-state index is 12.3. The summed E-state index contributed by atoms with van der Waals surface area (Å²) in [4.78, 5) is 37.4. The van der Waals surface area contributed by atoms with E-state index in [0.717, 1.165) is 33.2 Å². The molecule has 4 rings (SSSR count). The van der Waals surface area contributed by atoms with E-state index in [-0.39, 0.29) is 5.69 Å². The van der Waals surface area contributed by atoms with Gasteiger partial charge in [0.25, 0.3) is 0 Å². The third kappa shape index (κ3) is 11.5. The molecule has 0 aliphatic heterocycles. The van der Waals surface area contributed by atoms with Gasteiger partial charge in [0.15, 0.2) is 0 Å². The molecule has 0 radical (unpaired) electrons. The van der Waals surface area contributed by atoms with E-state index in [0.29, 0.717) is 17.0 Å². The predicted octanol–water partition coefficient (Wildman–Crippen LogP) is 8.84. The number of ether oxygens (including phenoxy) is 6. The third-order valence-electron chi connectivity index (χ3n) is 6.25. The normalized spacial score (nSPS) is 11.1. The van der Waals surface area contributed by atoms with Crippen molar-refractivity contribution in [2.45, 2.75) is 93.0 Å². The quantitative estimate of drug-likeness (QED) is 0.121. The van der Waals surface area contributed by atoms with Crippen molar-refractivity contribution in [1.29, 1.82) is 10.5 Å².